The first-order chi connectivity index (χ1) is 9.65. The summed E-state index contributed by atoms with van der Waals surface area (Å²) >= 11 is 0. The molecule has 0 aliphatic carbocycles. The van der Waals surface area contributed by atoms with Crippen molar-refractivity contribution in [1.82, 2.24) is 14.7 Å². The molecule has 5 nitrogen and oxygen atoms in total. The van der Waals surface area contributed by atoms with Crippen LogP contribution in [0.2, 0.25) is 0 Å². The van der Waals surface area contributed by atoms with Crippen LogP contribution in [-0.4, -0.2) is 80.0 Å². The van der Waals surface area contributed by atoms with E-state index in [1.807, 2.05) is 0 Å². The molecule has 2 aliphatic rings. The Morgan fingerprint density at radius 2 is 1.70 bits per heavy atom. The average Bonchev–Trinajstić information content (AvgIpc) is 2.46. The second kappa shape index (κ2) is 7.96. The number of hydrogen-bond acceptors (Lipinski definition) is 4. The van der Waals surface area contributed by atoms with E-state index in [1.54, 1.807) is 0 Å². The fourth-order valence-corrected chi connectivity index (χ4v) is 3.23. The average molecular weight is 282 g/mol. The Labute approximate surface area is 123 Å². The van der Waals surface area contributed by atoms with Crippen LogP contribution in [0.15, 0.2) is 0 Å². The number of carbonyl (C=O) groups excluding carboxylic acids is 1. The van der Waals surface area contributed by atoms with Gasteiger partial charge in [-0.05, 0) is 52.4 Å². The smallest absolute Gasteiger partial charge is 0.221 e. The molecule has 0 spiro atoms. The van der Waals surface area contributed by atoms with Crippen LogP contribution in [0, 0.1) is 5.92 Å². The lowest BCUT2D eigenvalue weighted by Gasteiger charge is -2.33. The highest BCUT2D eigenvalue weighted by Gasteiger charge is 2.23. The van der Waals surface area contributed by atoms with E-state index >= 15 is 0 Å². The lowest BCUT2D eigenvalue weighted by Crippen LogP contribution is -2.45. The van der Waals surface area contributed by atoms with Gasteiger partial charge in [-0.15, -0.1) is 0 Å². The highest BCUT2D eigenvalue weighted by Crippen LogP contribution is 2.16. The Balaban J connectivity index is 1.55. The molecule has 0 aromatic heterocycles. The summed E-state index contributed by atoms with van der Waals surface area (Å²) in [4.78, 5) is 18.6. The van der Waals surface area contributed by atoms with Crippen molar-refractivity contribution in [3.05, 3.63) is 0 Å². The second-order valence-electron chi connectivity index (χ2n) is 6.39. The van der Waals surface area contributed by atoms with E-state index in [2.05, 4.69) is 21.7 Å². The summed E-state index contributed by atoms with van der Waals surface area (Å²) in [6.07, 6.45) is 4.60. The number of rotatable bonds is 6. The van der Waals surface area contributed by atoms with E-state index in [1.165, 1.54) is 45.6 Å². The van der Waals surface area contributed by atoms with Gasteiger partial charge in [0.1, 0.15) is 0 Å². The number of piperazine rings is 1. The number of likely N-dealkylation sites (tertiary alicyclic amines) is 1. The van der Waals surface area contributed by atoms with Crippen molar-refractivity contribution in [1.29, 1.82) is 0 Å². The first-order valence-corrected chi connectivity index (χ1v) is 8.08. The van der Waals surface area contributed by atoms with Crippen LogP contribution >= 0.6 is 0 Å². The van der Waals surface area contributed by atoms with E-state index in [9.17, 15) is 4.79 Å². The molecule has 1 amide bonds. The summed E-state index contributed by atoms with van der Waals surface area (Å²) < 4.78 is 0. The standard InChI is InChI=1S/C15H30N4O/c1-17-9-11-18(12-10-17)6-2-3-7-19-8-4-5-14(13-19)15(16)20/h14H,2-13H2,1H3,(H2,16,20). The highest BCUT2D eigenvalue weighted by atomic mass is 16.1. The van der Waals surface area contributed by atoms with E-state index in [0.717, 1.165) is 32.5 Å². The molecule has 20 heavy (non-hydrogen) atoms. The Hall–Kier alpha value is -0.650. The minimum atomic E-state index is -0.118. The molecular formula is C15H30N4O. The van der Waals surface area contributed by atoms with Gasteiger partial charge >= 0.3 is 0 Å². The molecule has 2 aliphatic heterocycles. The molecule has 0 bridgehead atoms. The molecule has 0 aromatic rings. The zero-order valence-electron chi connectivity index (χ0n) is 12.9. The third-order valence-electron chi connectivity index (χ3n) is 4.70. The molecule has 2 rings (SSSR count). The third-order valence-corrected chi connectivity index (χ3v) is 4.70. The van der Waals surface area contributed by atoms with Crippen molar-refractivity contribution in [2.24, 2.45) is 11.7 Å². The topological polar surface area (TPSA) is 52.8 Å². The number of nitrogens with zero attached hydrogens (tertiary/aromatic N) is 3. The fraction of sp³-hybridized carbons (Fsp3) is 0.933. The van der Waals surface area contributed by atoms with Crippen LogP contribution in [-0.2, 0) is 4.79 Å². The van der Waals surface area contributed by atoms with Crippen molar-refractivity contribution in [2.45, 2.75) is 25.7 Å². The van der Waals surface area contributed by atoms with Crippen LogP contribution < -0.4 is 5.73 Å². The maximum Gasteiger partial charge on any atom is 0.221 e. The van der Waals surface area contributed by atoms with Gasteiger partial charge in [-0.25, -0.2) is 0 Å². The van der Waals surface area contributed by atoms with Gasteiger partial charge in [-0.3, -0.25) is 4.79 Å². The molecule has 0 aromatic carbocycles. The summed E-state index contributed by atoms with van der Waals surface area (Å²) in [7, 11) is 2.20. The van der Waals surface area contributed by atoms with Gasteiger partial charge in [0.15, 0.2) is 0 Å². The van der Waals surface area contributed by atoms with E-state index in [4.69, 9.17) is 5.73 Å². The van der Waals surface area contributed by atoms with Crippen LogP contribution in [0.1, 0.15) is 25.7 Å². The summed E-state index contributed by atoms with van der Waals surface area (Å²) in [5.41, 5.74) is 5.42. The molecule has 2 N–H and O–H groups in total. The molecule has 5 heteroatoms. The van der Waals surface area contributed by atoms with E-state index < -0.39 is 0 Å². The number of amides is 1. The first-order valence-electron chi connectivity index (χ1n) is 8.08. The maximum absolute atomic E-state index is 11.2. The zero-order chi connectivity index (χ0) is 14.4. The summed E-state index contributed by atoms with van der Waals surface area (Å²) in [6.45, 7) is 9.19. The monoisotopic (exact) mass is 282 g/mol. The van der Waals surface area contributed by atoms with Crippen molar-refractivity contribution >= 4 is 5.91 Å². The first kappa shape index (κ1) is 15.7. The Bertz CT molecular complexity index is 302. The van der Waals surface area contributed by atoms with Gasteiger partial charge in [0.25, 0.3) is 0 Å². The van der Waals surface area contributed by atoms with E-state index in [0.29, 0.717) is 0 Å². The molecule has 1 atom stereocenters. The maximum atomic E-state index is 11.2. The predicted molar refractivity (Wildman–Crippen MR) is 81.5 cm³/mol. The zero-order valence-corrected chi connectivity index (χ0v) is 12.9. The normalized spacial score (nSPS) is 26.8. The number of hydrogen-bond donors (Lipinski definition) is 1. The number of primary amides is 1. The molecule has 2 saturated heterocycles. The molecule has 116 valence electrons. The molecule has 2 fully saturated rings. The van der Waals surface area contributed by atoms with Crippen molar-refractivity contribution < 1.29 is 4.79 Å². The molecule has 0 radical (unpaired) electrons. The van der Waals surface area contributed by atoms with Crippen LogP contribution in [0.3, 0.4) is 0 Å². The van der Waals surface area contributed by atoms with Gasteiger partial charge in [-0.1, -0.05) is 0 Å². The third kappa shape index (κ3) is 5.04. The Morgan fingerprint density at radius 3 is 2.35 bits per heavy atom. The summed E-state index contributed by atoms with van der Waals surface area (Å²) in [6, 6.07) is 0. The molecule has 2 heterocycles. The predicted octanol–water partition coefficient (Wildman–Crippen LogP) is 0.211. The lowest BCUT2D eigenvalue weighted by atomic mass is 9.97. The van der Waals surface area contributed by atoms with Crippen molar-refractivity contribution in [3.8, 4) is 0 Å². The van der Waals surface area contributed by atoms with Gasteiger partial charge in [0.05, 0.1) is 5.92 Å². The van der Waals surface area contributed by atoms with Crippen molar-refractivity contribution in [3.63, 3.8) is 0 Å². The molecular weight excluding hydrogens is 252 g/mol. The van der Waals surface area contributed by atoms with E-state index in [-0.39, 0.29) is 11.8 Å². The number of likely N-dealkylation sites (N-methyl/N-ethyl adjacent to an activating group) is 1. The molecule has 0 saturated carbocycles. The van der Waals surface area contributed by atoms with Gasteiger partial charge in [0.2, 0.25) is 5.91 Å². The van der Waals surface area contributed by atoms with Crippen molar-refractivity contribution in [2.75, 3.05) is 59.4 Å². The van der Waals surface area contributed by atoms with Crippen LogP contribution in [0.5, 0.6) is 0 Å². The largest absolute Gasteiger partial charge is 0.369 e. The van der Waals surface area contributed by atoms with Crippen LogP contribution in [0.4, 0.5) is 0 Å². The summed E-state index contributed by atoms with van der Waals surface area (Å²) in [5.74, 6) is -0.0338. The second-order valence-corrected chi connectivity index (χ2v) is 6.39. The SMILES string of the molecule is CN1CCN(CCCCN2CCCC(C(N)=O)C2)CC1. The van der Waals surface area contributed by atoms with Crippen LogP contribution in [0.25, 0.3) is 0 Å². The Kier molecular flexibility index (Phi) is 6.26. The minimum Gasteiger partial charge on any atom is -0.369 e. The Morgan fingerprint density at radius 1 is 1.05 bits per heavy atom. The minimum absolute atomic E-state index is 0.0846. The molecule has 1 unspecified atom stereocenters. The lowest BCUT2D eigenvalue weighted by molar-refractivity contribution is -0.123. The fourth-order valence-electron chi connectivity index (χ4n) is 3.23. The number of carbonyl (C=O) groups is 1. The number of unbranched alkanes of at least 4 members (excludes halogenated alkanes) is 1. The van der Waals surface area contributed by atoms with Gasteiger partial charge in [-0.2, -0.15) is 0 Å². The van der Waals surface area contributed by atoms with Gasteiger partial charge < -0.3 is 20.4 Å². The summed E-state index contributed by atoms with van der Waals surface area (Å²) in [5, 5.41) is 0. The number of piperidine rings is 1. The quantitative estimate of drug-likeness (QED) is 0.708. The van der Waals surface area contributed by atoms with Gasteiger partial charge in [0, 0.05) is 32.7 Å². The highest BCUT2D eigenvalue weighted by molar-refractivity contribution is 5.76. The number of nitrogens with two attached hydrogens (primary N) is 1.